The number of amides is 2. The van der Waals surface area contributed by atoms with Gasteiger partial charge in [-0.3, -0.25) is 9.59 Å². The number of rotatable bonds is 6. The fourth-order valence-corrected chi connectivity index (χ4v) is 3.00. The summed E-state index contributed by atoms with van der Waals surface area (Å²) in [7, 11) is 0. The third kappa shape index (κ3) is 6.16. The van der Waals surface area contributed by atoms with Crippen molar-refractivity contribution < 1.29 is 14.3 Å². The molecule has 0 aromatic heterocycles. The predicted octanol–water partition coefficient (Wildman–Crippen LogP) is 2.99. The maximum atomic E-state index is 12.6. The molecular formula is C20H30N2O3. The monoisotopic (exact) mass is 346 g/mol. The lowest BCUT2D eigenvalue weighted by Crippen LogP contribution is -2.48. The summed E-state index contributed by atoms with van der Waals surface area (Å²) in [4.78, 5) is 26.2. The van der Waals surface area contributed by atoms with Crippen LogP contribution >= 0.6 is 0 Å². The second-order valence-corrected chi connectivity index (χ2v) is 7.37. The number of ether oxygens (including phenoxy) is 1. The van der Waals surface area contributed by atoms with Crippen molar-refractivity contribution in [3.05, 3.63) is 35.4 Å². The Kier molecular flexibility index (Phi) is 7.00. The molecule has 1 fully saturated rings. The SMILES string of the molecule is CC(C)CCC(=O)NCc1ccc(C(=O)N2CC(C)OC(C)C2)cc1. The average Bonchev–Trinajstić information content (AvgIpc) is 2.57. The van der Waals surface area contributed by atoms with Crippen molar-refractivity contribution in [2.24, 2.45) is 5.92 Å². The van der Waals surface area contributed by atoms with Crippen molar-refractivity contribution in [1.82, 2.24) is 10.2 Å². The van der Waals surface area contributed by atoms with Crippen LogP contribution in [0.5, 0.6) is 0 Å². The highest BCUT2D eigenvalue weighted by Crippen LogP contribution is 2.15. The van der Waals surface area contributed by atoms with Crippen molar-refractivity contribution in [2.75, 3.05) is 13.1 Å². The molecule has 2 amide bonds. The summed E-state index contributed by atoms with van der Waals surface area (Å²) in [6, 6.07) is 7.48. The minimum absolute atomic E-state index is 0.0366. The Balaban J connectivity index is 1.86. The van der Waals surface area contributed by atoms with Crippen LogP contribution in [0.15, 0.2) is 24.3 Å². The first-order chi connectivity index (χ1) is 11.8. The van der Waals surface area contributed by atoms with Gasteiger partial charge in [0.1, 0.15) is 0 Å². The Labute approximate surface area is 150 Å². The molecule has 0 saturated carbocycles. The first kappa shape index (κ1) is 19.4. The van der Waals surface area contributed by atoms with Crippen LogP contribution in [0.25, 0.3) is 0 Å². The number of hydrogen-bond donors (Lipinski definition) is 1. The average molecular weight is 346 g/mol. The van der Waals surface area contributed by atoms with Crippen LogP contribution in [0.4, 0.5) is 0 Å². The molecule has 1 aromatic carbocycles. The van der Waals surface area contributed by atoms with Crippen molar-refractivity contribution >= 4 is 11.8 Å². The summed E-state index contributed by atoms with van der Waals surface area (Å²) in [5, 5.41) is 2.93. The lowest BCUT2D eigenvalue weighted by atomic mass is 10.1. The summed E-state index contributed by atoms with van der Waals surface area (Å²) >= 11 is 0. The van der Waals surface area contributed by atoms with Crippen LogP contribution in [-0.2, 0) is 16.1 Å². The number of nitrogens with one attached hydrogen (secondary N) is 1. The van der Waals surface area contributed by atoms with E-state index in [0.29, 0.717) is 37.5 Å². The van der Waals surface area contributed by atoms with Crippen molar-refractivity contribution in [3.8, 4) is 0 Å². The molecular weight excluding hydrogens is 316 g/mol. The molecule has 2 atom stereocenters. The smallest absolute Gasteiger partial charge is 0.254 e. The van der Waals surface area contributed by atoms with Gasteiger partial charge >= 0.3 is 0 Å². The topological polar surface area (TPSA) is 58.6 Å². The van der Waals surface area contributed by atoms with Gasteiger partial charge in [0.05, 0.1) is 12.2 Å². The number of morpholine rings is 1. The molecule has 2 rings (SSSR count). The predicted molar refractivity (Wildman–Crippen MR) is 98.3 cm³/mol. The number of carbonyl (C=O) groups is 2. The van der Waals surface area contributed by atoms with Crippen LogP contribution in [0, 0.1) is 5.92 Å². The first-order valence-electron chi connectivity index (χ1n) is 9.15. The van der Waals surface area contributed by atoms with Gasteiger partial charge in [0.15, 0.2) is 0 Å². The summed E-state index contributed by atoms with van der Waals surface area (Å²) in [5.74, 6) is 0.640. The Bertz CT molecular complexity index is 573. The quantitative estimate of drug-likeness (QED) is 0.861. The summed E-state index contributed by atoms with van der Waals surface area (Å²) < 4.78 is 5.68. The standard InChI is InChI=1S/C20H30N2O3/c1-14(2)5-10-19(23)21-11-17-6-8-18(9-7-17)20(24)22-12-15(3)25-16(4)13-22/h6-9,14-16H,5,10-13H2,1-4H3,(H,21,23). The number of hydrogen-bond acceptors (Lipinski definition) is 3. The Morgan fingerprint density at radius 1 is 1.16 bits per heavy atom. The summed E-state index contributed by atoms with van der Waals surface area (Å²) in [6.07, 6.45) is 1.58. The van der Waals surface area contributed by atoms with E-state index in [1.54, 1.807) is 0 Å². The zero-order valence-corrected chi connectivity index (χ0v) is 15.7. The zero-order valence-electron chi connectivity index (χ0n) is 15.7. The fourth-order valence-electron chi connectivity index (χ4n) is 3.00. The molecule has 0 aliphatic carbocycles. The molecule has 1 aromatic rings. The molecule has 2 unspecified atom stereocenters. The molecule has 5 nitrogen and oxygen atoms in total. The molecule has 0 radical (unpaired) electrons. The van der Waals surface area contributed by atoms with Gasteiger partial charge in [-0.15, -0.1) is 0 Å². The second kappa shape index (κ2) is 8.99. The van der Waals surface area contributed by atoms with Crippen LogP contribution in [0.1, 0.15) is 56.5 Å². The largest absolute Gasteiger partial charge is 0.372 e. The number of nitrogens with zero attached hydrogens (tertiary/aromatic N) is 1. The van der Waals surface area contributed by atoms with Gasteiger partial charge in [-0.05, 0) is 43.9 Å². The van der Waals surface area contributed by atoms with Crippen molar-refractivity contribution in [1.29, 1.82) is 0 Å². The van der Waals surface area contributed by atoms with Gasteiger partial charge in [-0.25, -0.2) is 0 Å². The molecule has 1 heterocycles. The highest BCUT2D eigenvalue weighted by Gasteiger charge is 2.26. The first-order valence-corrected chi connectivity index (χ1v) is 9.15. The fraction of sp³-hybridized carbons (Fsp3) is 0.600. The van der Waals surface area contributed by atoms with E-state index in [4.69, 9.17) is 4.74 Å². The highest BCUT2D eigenvalue weighted by atomic mass is 16.5. The molecule has 1 aliphatic heterocycles. The minimum atomic E-state index is 0.0366. The van der Waals surface area contributed by atoms with Crippen LogP contribution in [-0.4, -0.2) is 42.0 Å². The third-order valence-electron chi connectivity index (χ3n) is 4.35. The van der Waals surface area contributed by atoms with Gasteiger partial charge in [0, 0.05) is 31.6 Å². The van der Waals surface area contributed by atoms with Gasteiger partial charge in [-0.2, -0.15) is 0 Å². The number of carbonyl (C=O) groups excluding carboxylic acids is 2. The van der Waals surface area contributed by atoms with E-state index in [9.17, 15) is 9.59 Å². The van der Waals surface area contributed by atoms with Gasteiger partial charge in [-0.1, -0.05) is 26.0 Å². The maximum absolute atomic E-state index is 12.6. The van der Waals surface area contributed by atoms with E-state index in [2.05, 4.69) is 19.2 Å². The Morgan fingerprint density at radius 3 is 2.32 bits per heavy atom. The van der Waals surface area contributed by atoms with E-state index >= 15 is 0 Å². The second-order valence-electron chi connectivity index (χ2n) is 7.37. The van der Waals surface area contributed by atoms with Gasteiger partial charge in [0.2, 0.25) is 5.91 Å². The normalized spacial score (nSPS) is 20.6. The van der Waals surface area contributed by atoms with Crippen molar-refractivity contribution in [3.63, 3.8) is 0 Å². The molecule has 5 heteroatoms. The number of benzene rings is 1. The third-order valence-corrected chi connectivity index (χ3v) is 4.35. The van der Waals surface area contributed by atoms with E-state index in [-0.39, 0.29) is 24.0 Å². The molecule has 138 valence electrons. The van der Waals surface area contributed by atoms with Crippen molar-refractivity contribution in [2.45, 2.75) is 59.3 Å². The van der Waals surface area contributed by atoms with E-state index < -0.39 is 0 Å². The lowest BCUT2D eigenvalue weighted by Gasteiger charge is -2.35. The Morgan fingerprint density at radius 2 is 1.76 bits per heavy atom. The van der Waals surface area contributed by atoms with Crippen LogP contribution in [0.3, 0.4) is 0 Å². The molecule has 0 spiro atoms. The van der Waals surface area contributed by atoms with Gasteiger partial charge in [0.25, 0.3) is 5.91 Å². The molecule has 25 heavy (non-hydrogen) atoms. The van der Waals surface area contributed by atoms with Gasteiger partial charge < -0.3 is 15.0 Å². The van der Waals surface area contributed by atoms with Crippen LogP contribution < -0.4 is 5.32 Å². The molecule has 0 bridgehead atoms. The lowest BCUT2D eigenvalue weighted by molar-refractivity contribution is -0.121. The minimum Gasteiger partial charge on any atom is -0.372 e. The van der Waals surface area contributed by atoms with E-state index in [1.807, 2.05) is 43.0 Å². The molecule has 1 aliphatic rings. The zero-order chi connectivity index (χ0) is 18.4. The summed E-state index contributed by atoms with van der Waals surface area (Å²) in [5.41, 5.74) is 1.68. The van der Waals surface area contributed by atoms with Crippen LogP contribution in [0.2, 0.25) is 0 Å². The summed E-state index contributed by atoms with van der Waals surface area (Å²) in [6.45, 7) is 9.94. The highest BCUT2D eigenvalue weighted by molar-refractivity contribution is 5.94. The van der Waals surface area contributed by atoms with E-state index in [1.165, 1.54) is 0 Å². The van der Waals surface area contributed by atoms with E-state index in [0.717, 1.165) is 12.0 Å². The Hall–Kier alpha value is -1.88. The molecule has 1 N–H and O–H groups in total. The maximum Gasteiger partial charge on any atom is 0.254 e. The molecule has 1 saturated heterocycles.